The fourth-order valence-corrected chi connectivity index (χ4v) is 4.87. The van der Waals surface area contributed by atoms with Crippen molar-refractivity contribution in [1.82, 2.24) is 15.2 Å². The average Bonchev–Trinajstić information content (AvgIpc) is 3.08. The van der Waals surface area contributed by atoms with Gasteiger partial charge in [0, 0.05) is 40.6 Å². The topological polar surface area (TPSA) is 70.8 Å². The van der Waals surface area contributed by atoms with E-state index in [1.807, 2.05) is 25.1 Å². The fourth-order valence-electron chi connectivity index (χ4n) is 4.39. The molecule has 8 heteroatoms. The molecule has 2 aromatic carbocycles. The van der Waals surface area contributed by atoms with Gasteiger partial charge in [0.25, 0.3) is 0 Å². The van der Waals surface area contributed by atoms with Crippen LogP contribution in [-0.4, -0.2) is 34.3 Å². The van der Waals surface area contributed by atoms with E-state index in [9.17, 15) is 4.39 Å². The van der Waals surface area contributed by atoms with Crippen LogP contribution < -0.4 is 10.6 Å². The van der Waals surface area contributed by atoms with Crippen molar-refractivity contribution in [3.8, 4) is 22.5 Å². The highest BCUT2D eigenvalue weighted by Crippen LogP contribution is 2.43. The molecule has 0 saturated carbocycles. The number of rotatable bonds is 3. The molecule has 0 atom stereocenters. The molecule has 1 fully saturated rings. The maximum Gasteiger partial charge on any atom is 0.135 e. The number of hydrogen-bond donors (Lipinski definition) is 2. The molecule has 5 rings (SSSR count). The van der Waals surface area contributed by atoms with Crippen molar-refractivity contribution in [2.24, 2.45) is 5.73 Å². The van der Waals surface area contributed by atoms with Crippen LogP contribution in [0.25, 0.3) is 33.4 Å². The fraction of sp³-hybridized carbons (Fsp3) is 0.250. The van der Waals surface area contributed by atoms with Gasteiger partial charge < -0.3 is 15.6 Å². The summed E-state index contributed by atoms with van der Waals surface area (Å²) in [7, 11) is 0. The molecule has 1 saturated heterocycles. The summed E-state index contributed by atoms with van der Waals surface area (Å²) in [5.74, 6) is -0.289. The molecule has 0 bridgehead atoms. The second kappa shape index (κ2) is 8.35. The maximum atomic E-state index is 14.3. The highest BCUT2D eigenvalue weighted by molar-refractivity contribution is 6.39. The quantitative estimate of drug-likeness (QED) is 0.387. The van der Waals surface area contributed by atoms with Gasteiger partial charge in [-0.3, -0.25) is 0 Å². The molecule has 3 N–H and O–H groups in total. The van der Waals surface area contributed by atoms with E-state index in [0.29, 0.717) is 21.4 Å². The summed E-state index contributed by atoms with van der Waals surface area (Å²) in [5.41, 5.74) is 11.5. The summed E-state index contributed by atoms with van der Waals surface area (Å²) in [6, 6.07) is 10.7. The normalized spacial score (nSPS) is 15.0. The number of halogens is 3. The van der Waals surface area contributed by atoms with Crippen LogP contribution in [0.2, 0.25) is 10.0 Å². The van der Waals surface area contributed by atoms with Crippen molar-refractivity contribution in [1.29, 1.82) is 0 Å². The van der Waals surface area contributed by atoms with Gasteiger partial charge >= 0.3 is 0 Å². The van der Waals surface area contributed by atoms with Gasteiger partial charge in [-0.05, 0) is 61.2 Å². The van der Waals surface area contributed by atoms with Crippen LogP contribution in [0.1, 0.15) is 18.4 Å². The molecule has 0 aliphatic carbocycles. The second-order valence-corrected chi connectivity index (χ2v) is 9.12. The zero-order valence-electron chi connectivity index (χ0n) is 17.5. The molecule has 32 heavy (non-hydrogen) atoms. The van der Waals surface area contributed by atoms with Gasteiger partial charge in [-0.25, -0.2) is 4.39 Å². The molecule has 3 heterocycles. The Balaban J connectivity index is 1.75. The van der Waals surface area contributed by atoms with E-state index < -0.39 is 0 Å². The third-order valence-electron chi connectivity index (χ3n) is 5.97. The van der Waals surface area contributed by atoms with Crippen molar-refractivity contribution < 1.29 is 4.39 Å². The first-order chi connectivity index (χ1) is 15.4. The Morgan fingerprint density at radius 3 is 2.66 bits per heavy atom. The largest absolute Gasteiger partial charge is 0.369 e. The minimum atomic E-state index is -0.289. The minimum absolute atomic E-state index is 0.170. The highest BCUT2D eigenvalue weighted by Gasteiger charge is 2.26. The smallest absolute Gasteiger partial charge is 0.135 e. The predicted octanol–water partition coefficient (Wildman–Crippen LogP) is 5.97. The van der Waals surface area contributed by atoms with E-state index in [4.69, 9.17) is 28.9 Å². The molecule has 2 aromatic heterocycles. The summed E-state index contributed by atoms with van der Waals surface area (Å²) in [5, 5.41) is 10.8. The molecule has 0 unspecified atom stereocenters. The number of anilines is 1. The van der Waals surface area contributed by atoms with Gasteiger partial charge in [0.05, 0.1) is 22.6 Å². The summed E-state index contributed by atoms with van der Waals surface area (Å²) in [4.78, 5) is 5.61. The Kier molecular flexibility index (Phi) is 5.53. The van der Waals surface area contributed by atoms with Crippen molar-refractivity contribution >= 4 is 39.8 Å². The lowest BCUT2D eigenvalue weighted by Crippen LogP contribution is -2.40. The van der Waals surface area contributed by atoms with Crippen LogP contribution in [0.4, 0.5) is 10.1 Å². The van der Waals surface area contributed by atoms with Crippen LogP contribution in [0, 0.1) is 12.7 Å². The SMILES string of the molecule is Cc1cc(F)cc(-c2cnnc(-c3[nH]c4cc(Cl)ccc4c3Cl)c2N2CCC(N)CC2)c1. The first kappa shape index (κ1) is 21.2. The predicted molar refractivity (Wildman–Crippen MR) is 129 cm³/mol. The zero-order valence-corrected chi connectivity index (χ0v) is 19.0. The molecule has 1 aliphatic rings. The number of nitrogens with one attached hydrogen (secondary N) is 1. The second-order valence-electron chi connectivity index (χ2n) is 8.30. The van der Waals surface area contributed by atoms with Crippen molar-refractivity contribution in [3.63, 3.8) is 0 Å². The van der Waals surface area contributed by atoms with Crippen LogP contribution in [0.3, 0.4) is 0 Å². The number of nitrogens with zero attached hydrogens (tertiary/aromatic N) is 3. The Hall–Kier alpha value is -2.67. The molecular formula is C24H22Cl2FN5. The van der Waals surface area contributed by atoms with Gasteiger partial charge in [0.1, 0.15) is 11.5 Å². The van der Waals surface area contributed by atoms with E-state index in [1.54, 1.807) is 12.3 Å². The van der Waals surface area contributed by atoms with Gasteiger partial charge in [0.2, 0.25) is 0 Å². The lowest BCUT2D eigenvalue weighted by atomic mass is 9.98. The van der Waals surface area contributed by atoms with Crippen LogP contribution in [0.15, 0.2) is 42.6 Å². The standard InChI is InChI=1S/C24H22Cl2FN5/c1-13-8-14(10-16(27)9-13)19-12-29-31-23(24(19)32-6-4-17(28)5-7-32)22-21(26)18-3-2-15(25)11-20(18)30-22/h2-3,8-12,17,30H,4-7,28H2,1H3. The Bertz CT molecular complexity index is 1290. The number of hydrogen-bond acceptors (Lipinski definition) is 4. The van der Waals surface area contributed by atoms with Crippen molar-refractivity contribution in [3.05, 3.63) is 64.0 Å². The zero-order chi connectivity index (χ0) is 22.4. The van der Waals surface area contributed by atoms with E-state index in [-0.39, 0.29) is 11.9 Å². The molecule has 0 radical (unpaired) electrons. The van der Waals surface area contributed by atoms with E-state index in [0.717, 1.165) is 59.2 Å². The number of benzene rings is 2. The highest BCUT2D eigenvalue weighted by atomic mass is 35.5. The molecule has 0 spiro atoms. The number of fused-ring (bicyclic) bond motifs is 1. The molecular weight excluding hydrogens is 448 g/mol. The molecule has 4 aromatic rings. The first-order valence-corrected chi connectivity index (χ1v) is 11.3. The lowest BCUT2D eigenvalue weighted by Gasteiger charge is -2.34. The lowest BCUT2D eigenvalue weighted by molar-refractivity contribution is 0.501. The molecule has 164 valence electrons. The molecule has 1 aliphatic heterocycles. The number of H-pyrrole nitrogens is 1. The summed E-state index contributed by atoms with van der Waals surface area (Å²) >= 11 is 13.0. The first-order valence-electron chi connectivity index (χ1n) is 10.5. The van der Waals surface area contributed by atoms with Crippen LogP contribution >= 0.6 is 23.2 Å². The molecule has 5 nitrogen and oxygen atoms in total. The molecule has 0 amide bonds. The van der Waals surface area contributed by atoms with Gasteiger partial charge in [-0.2, -0.15) is 5.10 Å². The Morgan fingerprint density at radius 2 is 1.91 bits per heavy atom. The summed E-state index contributed by atoms with van der Waals surface area (Å²) in [6.45, 7) is 3.41. The summed E-state index contributed by atoms with van der Waals surface area (Å²) in [6.07, 6.45) is 3.41. The van der Waals surface area contributed by atoms with E-state index in [1.165, 1.54) is 12.1 Å². The number of nitrogens with two attached hydrogens (primary N) is 1. The number of aromatic amines is 1. The van der Waals surface area contributed by atoms with Crippen LogP contribution in [-0.2, 0) is 0 Å². The van der Waals surface area contributed by atoms with E-state index >= 15 is 0 Å². The third-order valence-corrected chi connectivity index (χ3v) is 6.59. The Morgan fingerprint density at radius 1 is 1.12 bits per heavy atom. The monoisotopic (exact) mass is 469 g/mol. The van der Waals surface area contributed by atoms with E-state index in [2.05, 4.69) is 20.1 Å². The van der Waals surface area contributed by atoms with Gasteiger partial charge in [-0.15, -0.1) is 5.10 Å². The van der Waals surface area contributed by atoms with Crippen molar-refractivity contribution in [2.45, 2.75) is 25.8 Å². The van der Waals surface area contributed by atoms with Gasteiger partial charge in [0.15, 0.2) is 0 Å². The van der Waals surface area contributed by atoms with Crippen LogP contribution in [0.5, 0.6) is 0 Å². The number of aromatic nitrogens is 3. The van der Waals surface area contributed by atoms with Crippen molar-refractivity contribution in [2.75, 3.05) is 18.0 Å². The average molecular weight is 470 g/mol. The third kappa shape index (κ3) is 3.83. The Labute approximate surface area is 195 Å². The number of piperidine rings is 1. The minimum Gasteiger partial charge on any atom is -0.369 e. The maximum absolute atomic E-state index is 14.3. The number of aryl methyl sites for hydroxylation is 1. The summed E-state index contributed by atoms with van der Waals surface area (Å²) < 4.78 is 14.3. The van der Waals surface area contributed by atoms with Gasteiger partial charge in [-0.1, -0.05) is 29.3 Å².